The number of nitrogen functional groups attached to an aromatic ring is 1. The van der Waals surface area contributed by atoms with Gasteiger partial charge in [0, 0.05) is 12.7 Å². The summed E-state index contributed by atoms with van der Waals surface area (Å²) in [6.45, 7) is 0.560. The summed E-state index contributed by atoms with van der Waals surface area (Å²) in [7, 11) is 0. The van der Waals surface area contributed by atoms with Crippen LogP contribution in [0, 0.1) is 11.3 Å². The van der Waals surface area contributed by atoms with E-state index in [-0.39, 0.29) is 5.95 Å². The molecule has 2 aromatic rings. The van der Waals surface area contributed by atoms with Crippen LogP contribution < -0.4 is 11.1 Å². The van der Waals surface area contributed by atoms with E-state index >= 15 is 0 Å². The molecule has 0 bridgehead atoms. The van der Waals surface area contributed by atoms with Gasteiger partial charge in [0.25, 0.3) is 0 Å². The summed E-state index contributed by atoms with van der Waals surface area (Å²) in [4.78, 5) is 7.93. The second-order valence-corrected chi connectivity index (χ2v) is 4.44. The summed E-state index contributed by atoms with van der Waals surface area (Å²) < 4.78 is 0.744. The van der Waals surface area contributed by atoms with Gasteiger partial charge in [0.05, 0.1) is 16.1 Å². The molecule has 0 aliphatic heterocycles. The van der Waals surface area contributed by atoms with Gasteiger partial charge in [-0.15, -0.1) is 0 Å². The molecule has 90 valence electrons. The predicted octanol–water partition coefficient (Wildman–Crippen LogP) is 2.31. The lowest BCUT2D eigenvalue weighted by atomic mass is 10.1. The first kappa shape index (κ1) is 12.3. The molecule has 0 radical (unpaired) electrons. The van der Waals surface area contributed by atoms with E-state index in [4.69, 9.17) is 11.0 Å². The van der Waals surface area contributed by atoms with Crippen molar-refractivity contribution in [2.45, 2.75) is 6.54 Å². The Balaban J connectivity index is 2.11. The van der Waals surface area contributed by atoms with Crippen LogP contribution in [0.5, 0.6) is 0 Å². The van der Waals surface area contributed by atoms with Gasteiger partial charge in [-0.1, -0.05) is 12.1 Å². The number of halogens is 1. The maximum absolute atomic E-state index is 8.81. The average Bonchev–Trinajstić information content (AvgIpc) is 2.40. The highest BCUT2D eigenvalue weighted by Gasteiger charge is 2.03. The van der Waals surface area contributed by atoms with Gasteiger partial charge in [0.2, 0.25) is 5.95 Å². The molecule has 18 heavy (non-hydrogen) atoms. The zero-order valence-electron chi connectivity index (χ0n) is 9.39. The molecule has 0 fully saturated rings. The van der Waals surface area contributed by atoms with Crippen molar-refractivity contribution in [1.82, 2.24) is 9.97 Å². The van der Waals surface area contributed by atoms with Gasteiger partial charge in [-0.2, -0.15) is 10.2 Å². The second-order valence-electron chi connectivity index (χ2n) is 3.59. The van der Waals surface area contributed by atoms with Gasteiger partial charge in [-0.3, -0.25) is 0 Å². The lowest BCUT2D eigenvalue weighted by molar-refractivity contribution is 1.08. The normalized spacial score (nSPS) is 9.78. The molecule has 1 aromatic carbocycles. The minimum Gasteiger partial charge on any atom is -0.368 e. The van der Waals surface area contributed by atoms with E-state index in [9.17, 15) is 0 Å². The van der Waals surface area contributed by atoms with Crippen molar-refractivity contribution in [2.24, 2.45) is 0 Å². The smallest absolute Gasteiger partial charge is 0.221 e. The van der Waals surface area contributed by atoms with Crippen molar-refractivity contribution in [2.75, 3.05) is 11.1 Å². The SMILES string of the molecule is N#Cc1cccc(CNc2nc(N)ncc2Br)c1. The zero-order valence-corrected chi connectivity index (χ0v) is 11.0. The Hall–Kier alpha value is -2.13. The molecule has 6 heteroatoms. The molecule has 3 N–H and O–H groups in total. The van der Waals surface area contributed by atoms with Crippen LogP contribution in [0.25, 0.3) is 0 Å². The van der Waals surface area contributed by atoms with Gasteiger partial charge in [0.1, 0.15) is 5.82 Å². The van der Waals surface area contributed by atoms with E-state index in [1.54, 1.807) is 12.3 Å². The van der Waals surface area contributed by atoms with Crippen LogP contribution in [0.4, 0.5) is 11.8 Å². The van der Waals surface area contributed by atoms with Crippen LogP contribution in [-0.4, -0.2) is 9.97 Å². The van der Waals surface area contributed by atoms with Crippen molar-refractivity contribution < 1.29 is 0 Å². The highest BCUT2D eigenvalue weighted by molar-refractivity contribution is 9.10. The minimum atomic E-state index is 0.214. The van der Waals surface area contributed by atoms with Gasteiger partial charge < -0.3 is 11.1 Å². The zero-order chi connectivity index (χ0) is 13.0. The van der Waals surface area contributed by atoms with E-state index in [2.05, 4.69) is 37.3 Å². The summed E-state index contributed by atoms with van der Waals surface area (Å²) in [5.41, 5.74) is 7.15. The Bertz CT molecular complexity index is 606. The largest absolute Gasteiger partial charge is 0.368 e. The molecule has 0 saturated heterocycles. The fourth-order valence-electron chi connectivity index (χ4n) is 1.44. The molecular formula is C12H10BrN5. The third-order valence-electron chi connectivity index (χ3n) is 2.28. The summed E-state index contributed by atoms with van der Waals surface area (Å²) >= 11 is 3.34. The second kappa shape index (κ2) is 5.47. The quantitative estimate of drug-likeness (QED) is 0.908. The van der Waals surface area contributed by atoms with Gasteiger partial charge in [-0.25, -0.2) is 4.98 Å². The maximum atomic E-state index is 8.81. The van der Waals surface area contributed by atoms with Gasteiger partial charge >= 0.3 is 0 Å². The molecule has 0 aliphatic rings. The van der Waals surface area contributed by atoms with Crippen molar-refractivity contribution in [1.29, 1.82) is 5.26 Å². The van der Waals surface area contributed by atoms with Crippen molar-refractivity contribution in [3.05, 3.63) is 46.1 Å². The van der Waals surface area contributed by atoms with Crippen LogP contribution in [-0.2, 0) is 6.54 Å². The Kier molecular flexibility index (Phi) is 3.75. The molecule has 0 unspecified atom stereocenters. The molecule has 1 heterocycles. The molecule has 5 nitrogen and oxygen atoms in total. The summed E-state index contributed by atoms with van der Waals surface area (Å²) in [6.07, 6.45) is 1.59. The van der Waals surface area contributed by atoms with Crippen LogP contribution in [0.15, 0.2) is 34.9 Å². The third kappa shape index (κ3) is 2.96. The summed E-state index contributed by atoms with van der Waals surface area (Å²) in [5, 5.41) is 11.9. The maximum Gasteiger partial charge on any atom is 0.221 e. The lowest BCUT2D eigenvalue weighted by Crippen LogP contribution is -2.05. The lowest BCUT2D eigenvalue weighted by Gasteiger charge is -2.07. The van der Waals surface area contributed by atoms with E-state index in [0.29, 0.717) is 17.9 Å². The fourth-order valence-corrected chi connectivity index (χ4v) is 1.77. The van der Waals surface area contributed by atoms with E-state index < -0.39 is 0 Å². The number of nitrogens with one attached hydrogen (secondary N) is 1. The molecule has 1 aromatic heterocycles. The summed E-state index contributed by atoms with van der Waals surface area (Å²) in [5.74, 6) is 0.844. The number of anilines is 2. The highest BCUT2D eigenvalue weighted by Crippen LogP contribution is 2.19. The van der Waals surface area contributed by atoms with Crippen molar-refractivity contribution in [3.63, 3.8) is 0 Å². The Labute approximate surface area is 113 Å². The first-order chi connectivity index (χ1) is 8.69. The van der Waals surface area contributed by atoms with Crippen LogP contribution in [0.2, 0.25) is 0 Å². The standard InChI is InChI=1S/C12H10BrN5/c13-10-7-17-12(15)18-11(10)16-6-9-3-1-2-8(4-9)5-14/h1-4,7H,6H2,(H3,15,16,17,18). The minimum absolute atomic E-state index is 0.214. The molecule has 0 aliphatic carbocycles. The van der Waals surface area contributed by atoms with E-state index in [1.165, 1.54) is 0 Å². The number of hydrogen-bond donors (Lipinski definition) is 2. The first-order valence-corrected chi connectivity index (χ1v) is 5.99. The number of rotatable bonds is 3. The molecule has 0 amide bonds. The first-order valence-electron chi connectivity index (χ1n) is 5.20. The van der Waals surface area contributed by atoms with Crippen molar-refractivity contribution in [3.8, 4) is 6.07 Å². The summed E-state index contributed by atoms with van der Waals surface area (Å²) in [6, 6.07) is 9.48. The molecule has 2 rings (SSSR count). The van der Waals surface area contributed by atoms with E-state index in [0.717, 1.165) is 10.0 Å². The fraction of sp³-hybridized carbons (Fsp3) is 0.0833. The molecule has 0 atom stereocenters. The predicted molar refractivity (Wildman–Crippen MR) is 72.6 cm³/mol. The van der Waals surface area contributed by atoms with Crippen LogP contribution in [0.3, 0.4) is 0 Å². The number of nitrogens with zero attached hydrogens (tertiary/aromatic N) is 3. The Morgan fingerprint density at radius 2 is 2.28 bits per heavy atom. The van der Waals surface area contributed by atoms with Crippen LogP contribution >= 0.6 is 15.9 Å². The van der Waals surface area contributed by atoms with Crippen LogP contribution in [0.1, 0.15) is 11.1 Å². The van der Waals surface area contributed by atoms with Crippen molar-refractivity contribution >= 4 is 27.7 Å². The Morgan fingerprint density at radius 1 is 1.44 bits per heavy atom. The number of nitriles is 1. The average molecular weight is 304 g/mol. The highest BCUT2D eigenvalue weighted by atomic mass is 79.9. The number of benzene rings is 1. The van der Waals surface area contributed by atoms with Gasteiger partial charge in [0.15, 0.2) is 0 Å². The third-order valence-corrected chi connectivity index (χ3v) is 2.86. The molecule has 0 saturated carbocycles. The molecule has 0 spiro atoms. The number of hydrogen-bond acceptors (Lipinski definition) is 5. The Morgan fingerprint density at radius 3 is 3.06 bits per heavy atom. The number of aromatic nitrogens is 2. The topological polar surface area (TPSA) is 87.6 Å². The van der Waals surface area contributed by atoms with Gasteiger partial charge in [-0.05, 0) is 33.6 Å². The van der Waals surface area contributed by atoms with E-state index in [1.807, 2.05) is 18.2 Å². The monoisotopic (exact) mass is 303 g/mol. The molecular weight excluding hydrogens is 294 g/mol. The number of nitrogens with two attached hydrogens (primary N) is 1.